The van der Waals surface area contributed by atoms with E-state index in [9.17, 15) is 18.0 Å². The van der Waals surface area contributed by atoms with Crippen molar-refractivity contribution < 1.29 is 22.7 Å². The summed E-state index contributed by atoms with van der Waals surface area (Å²) in [7, 11) is 0. The smallest absolute Gasteiger partial charge is 0.406 e. The van der Waals surface area contributed by atoms with E-state index in [4.69, 9.17) is 23.2 Å². The number of amides is 2. The number of likely N-dealkylation sites (tertiary alicyclic amines) is 1. The van der Waals surface area contributed by atoms with Crippen molar-refractivity contribution in [2.24, 2.45) is 0 Å². The number of rotatable bonds is 4. The summed E-state index contributed by atoms with van der Waals surface area (Å²) in [6.07, 6.45) is -4.69. The Kier molecular flexibility index (Phi) is 6.60. The van der Waals surface area contributed by atoms with Gasteiger partial charge in [0.25, 0.3) is 0 Å². The first-order valence-electron chi connectivity index (χ1n) is 10.0. The van der Waals surface area contributed by atoms with E-state index in [2.05, 4.69) is 19.9 Å². The van der Waals surface area contributed by atoms with Crippen molar-refractivity contribution in [2.75, 3.05) is 49.5 Å². The molecule has 0 atom stereocenters. The first-order valence-corrected chi connectivity index (χ1v) is 10.8. The van der Waals surface area contributed by atoms with Crippen LogP contribution in [0, 0.1) is 0 Å². The first-order chi connectivity index (χ1) is 15.2. The number of nitrogens with zero attached hydrogens (tertiary/aromatic N) is 3. The van der Waals surface area contributed by atoms with Crippen LogP contribution in [0.2, 0.25) is 10.0 Å². The summed E-state index contributed by atoms with van der Waals surface area (Å²) in [4.78, 5) is 18.6. The number of anilines is 2. The van der Waals surface area contributed by atoms with Gasteiger partial charge in [0.2, 0.25) is 0 Å². The zero-order valence-electron chi connectivity index (χ0n) is 16.9. The van der Waals surface area contributed by atoms with Gasteiger partial charge < -0.3 is 19.9 Å². The Morgan fingerprint density at radius 3 is 2.25 bits per heavy atom. The molecule has 2 heterocycles. The van der Waals surface area contributed by atoms with Crippen molar-refractivity contribution in [2.45, 2.75) is 12.4 Å². The van der Waals surface area contributed by atoms with Gasteiger partial charge in [-0.25, -0.2) is 4.79 Å². The summed E-state index contributed by atoms with van der Waals surface area (Å²) in [5.74, 6) is -0.229. The summed E-state index contributed by atoms with van der Waals surface area (Å²) in [6, 6.07) is 10.9. The number of halogens is 5. The Bertz CT molecular complexity index is 961. The summed E-state index contributed by atoms with van der Waals surface area (Å²) >= 11 is 12.0. The number of carbonyl (C=O) groups is 1. The molecule has 6 nitrogen and oxygen atoms in total. The summed E-state index contributed by atoms with van der Waals surface area (Å²) in [5.41, 5.74) is 1.37. The number of hydrogen-bond acceptors (Lipinski definition) is 4. The molecule has 2 amide bonds. The second-order valence-electron chi connectivity index (χ2n) is 7.68. The minimum Gasteiger partial charge on any atom is -0.406 e. The predicted molar refractivity (Wildman–Crippen MR) is 118 cm³/mol. The van der Waals surface area contributed by atoms with Gasteiger partial charge in [0.05, 0.1) is 10.7 Å². The number of benzene rings is 2. The fourth-order valence-electron chi connectivity index (χ4n) is 3.84. The molecule has 2 fully saturated rings. The van der Waals surface area contributed by atoms with Crippen LogP contribution in [0.25, 0.3) is 0 Å². The molecule has 2 aromatic carbocycles. The average molecular weight is 489 g/mol. The molecule has 0 unspecified atom stereocenters. The van der Waals surface area contributed by atoms with Crippen LogP contribution in [0.4, 0.5) is 29.3 Å². The van der Waals surface area contributed by atoms with Crippen LogP contribution in [0.5, 0.6) is 5.75 Å². The SMILES string of the molecule is O=C(Nc1ccc(Cl)cc1Cl)N1CC(N2CCN(c3ccc(OC(F)(F)F)cc3)CC2)C1. The zero-order valence-corrected chi connectivity index (χ0v) is 18.4. The molecular formula is C21H21Cl2F3N4O2. The van der Waals surface area contributed by atoms with Crippen molar-refractivity contribution in [3.05, 3.63) is 52.5 Å². The van der Waals surface area contributed by atoms with E-state index in [0.29, 0.717) is 28.8 Å². The van der Waals surface area contributed by atoms with Crippen LogP contribution in [-0.2, 0) is 0 Å². The maximum Gasteiger partial charge on any atom is 0.573 e. The van der Waals surface area contributed by atoms with E-state index < -0.39 is 6.36 Å². The minimum absolute atomic E-state index is 0.203. The largest absolute Gasteiger partial charge is 0.573 e. The van der Waals surface area contributed by atoms with Crippen molar-refractivity contribution in [3.8, 4) is 5.75 Å². The molecule has 2 aliphatic heterocycles. The highest BCUT2D eigenvalue weighted by atomic mass is 35.5. The highest BCUT2D eigenvalue weighted by molar-refractivity contribution is 6.36. The molecule has 4 rings (SSSR count). The molecule has 11 heteroatoms. The van der Waals surface area contributed by atoms with E-state index in [1.54, 1.807) is 35.2 Å². The molecule has 0 spiro atoms. The molecule has 0 saturated carbocycles. The Morgan fingerprint density at radius 2 is 1.66 bits per heavy atom. The maximum atomic E-state index is 12.4. The van der Waals surface area contributed by atoms with Crippen LogP contribution in [0.3, 0.4) is 0 Å². The summed E-state index contributed by atoms with van der Waals surface area (Å²) in [6.45, 7) is 4.38. The molecule has 2 aromatic rings. The number of alkyl halides is 3. The quantitative estimate of drug-likeness (QED) is 0.662. The Hall–Kier alpha value is -2.36. The zero-order chi connectivity index (χ0) is 22.9. The lowest BCUT2D eigenvalue weighted by atomic mass is 10.1. The number of urea groups is 1. The predicted octanol–water partition coefficient (Wildman–Crippen LogP) is 4.93. The van der Waals surface area contributed by atoms with Crippen LogP contribution in [0.15, 0.2) is 42.5 Å². The highest BCUT2D eigenvalue weighted by Crippen LogP contribution is 2.28. The molecule has 0 bridgehead atoms. The molecule has 0 aliphatic carbocycles. The van der Waals surface area contributed by atoms with Gasteiger partial charge in [0.15, 0.2) is 0 Å². The standard InChI is InChI=1S/C21H21Cl2F3N4O2/c22-14-1-6-19(18(23)11-14)27-20(31)30-12-16(13-30)29-9-7-28(8-10-29)15-2-4-17(5-3-15)32-21(24,25)26/h1-6,11,16H,7-10,12-13H2,(H,27,31). The molecule has 0 aromatic heterocycles. The molecule has 2 aliphatic rings. The second kappa shape index (κ2) is 9.25. The van der Waals surface area contributed by atoms with Gasteiger partial charge >= 0.3 is 12.4 Å². The normalized spacial score (nSPS) is 17.8. The number of ether oxygens (including phenoxy) is 1. The third-order valence-corrected chi connectivity index (χ3v) is 6.14. The lowest BCUT2D eigenvalue weighted by molar-refractivity contribution is -0.274. The number of nitrogens with one attached hydrogen (secondary N) is 1. The molecule has 172 valence electrons. The Balaban J connectivity index is 1.22. The van der Waals surface area contributed by atoms with E-state index in [-0.39, 0.29) is 17.8 Å². The Morgan fingerprint density at radius 1 is 1.00 bits per heavy atom. The van der Waals surface area contributed by atoms with E-state index in [1.165, 1.54) is 12.1 Å². The molecular weight excluding hydrogens is 468 g/mol. The number of hydrogen-bond donors (Lipinski definition) is 1. The Labute approximate surface area is 193 Å². The van der Waals surface area contributed by atoms with Gasteiger partial charge in [-0.2, -0.15) is 0 Å². The number of carbonyl (C=O) groups excluding carboxylic acids is 1. The first kappa shape index (κ1) is 22.8. The van der Waals surface area contributed by atoms with Crippen molar-refractivity contribution in [1.29, 1.82) is 0 Å². The third kappa shape index (κ3) is 5.51. The van der Waals surface area contributed by atoms with Crippen LogP contribution >= 0.6 is 23.2 Å². The van der Waals surface area contributed by atoms with Crippen LogP contribution in [0.1, 0.15) is 0 Å². The fraction of sp³-hybridized carbons (Fsp3) is 0.381. The maximum absolute atomic E-state index is 12.4. The molecule has 32 heavy (non-hydrogen) atoms. The van der Waals surface area contributed by atoms with E-state index in [1.807, 2.05) is 0 Å². The van der Waals surface area contributed by atoms with Crippen molar-refractivity contribution in [1.82, 2.24) is 9.80 Å². The van der Waals surface area contributed by atoms with Gasteiger partial charge in [0, 0.05) is 56.0 Å². The van der Waals surface area contributed by atoms with E-state index in [0.717, 1.165) is 31.9 Å². The van der Waals surface area contributed by atoms with Gasteiger partial charge in [-0.3, -0.25) is 4.90 Å². The molecule has 1 N–H and O–H groups in total. The third-order valence-electron chi connectivity index (χ3n) is 5.59. The van der Waals surface area contributed by atoms with Crippen LogP contribution < -0.4 is 15.0 Å². The van der Waals surface area contributed by atoms with E-state index >= 15 is 0 Å². The summed E-state index contributed by atoms with van der Waals surface area (Å²) in [5, 5.41) is 3.69. The minimum atomic E-state index is -4.69. The topological polar surface area (TPSA) is 48.1 Å². The van der Waals surface area contributed by atoms with Gasteiger partial charge in [-0.05, 0) is 42.5 Å². The van der Waals surface area contributed by atoms with Crippen molar-refractivity contribution >= 4 is 40.6 Å². The van der Waals surface area contributed by atoms with Gasteiger partial charge in [-0.1, -0.05) is 23.2 Å². The average Bonchev–Trinajstić information content (AvgIpc) is 2.69. The fourth-order valence-corrected chi connectivity index (χ4v) is 4.30. The molecule has 2 saturated heterocycles. The molecule has 0 radical (unpaired) electrons. The second-order valence-corrected chi connectivity index (χ2v) is 8.52. The highest BCUT2D eigenvalue weighted by Gasteiger charge is 2.36. The number of piperazine rings is 1. The van der Waals surface area contributed by atoms with Crippen molar-refractivity contribution in [3.63, 3.8) is 0 Å². The van der Waals surface area contributed by atoms with Gasteiger partial charge in [0.1, 0.15) is 5.75 Å². The van der Waals surface area contributed by atoms with Gasteiger partial charge in [-0.15, -0.1) is 13.2 Å². The lowest BCUT2D eigenvalue weighted by Gasteiger charge is -2.48. The lowest BCUT2D eigenvalue weighted by Crippen LogP contribution is -2.64. The monoisotopic (exact) mass is 488 g/mol. The van der Waals surface area contributed by atoms with Crippen LogP contribution in [-0.4, -0.2) is 67.5 Å². The summed E-state index contributed by atoms with van der Waals surface area (Å²) < 4.78 is 40.8.